The van der Waals surface area contributed by atoms with E-state index in [0.717, 1.165) is 43.2 Å². The van der Waals surface area contributed by atoms with E-state index in [9.17, 15) is 0 Å². The van der Waals surface area contributed by atoms with E-state index in [-0.39, 0.29) is 6.04 Å². The Morgan fingerprint density at radius 2 is 2.10 bits per heavy atom. The Labute approximate surface area is 127 Å². The third-order valence-electron chi connectivity index (χ3n) is 4.32. The molecule has 2 atom stereocenters. The first kappa shape index (κ1) is 15.8. The second kappa shape index (κ2) is 7.41. The maximum Gasteiger partial charge on any atom is 0.0453 e. The van der Waals surface area contributed by atoms with E-state index in [1.165, 1.54) is 6.54 Å². The van der Waals surface area contributed by atoms with Crippen LogP contribution in [-0.2, 0) is 0 Å². The third-order valence-corrected chi connectivity index (χ3v) is 4.66. The van der Waals surface area contributed by atoms with Crippen LogP contribution in [0.3, 0.4) is 0 Å². The van der Waals surface area contributed by atoms with Gasteiger partial charge in [0.1, 0.15) is 0 Å². The number of rotatable bonds is 5. The Morgan fingerprint density at radius 3 is 2.75 bits per heavy atom. The van der Waals surface area contributed by atoms with Gasteiger partial charge in [-0.15, -0.1) is 0 Å². The average molecular weight is 296 g/mol. The Balaban J connectivity index is 1.82. The summed E-state index contributed by atoms with van der Waals surface area (Å²) in [5.41, 5.74) is 7.34. The highest BCUT2D eigenvalue weighted by Gasteiger charge is 2.22. The topological polar surface area (TPSA) is 32.5 Å². The highest BCUT2D eigenvalue weighted by atomic mass is 35.5. The van der Waals surface area contributed by atoms with Gasteiger partial charge in [-0.2, -0.15) is 0 Å². The summed E-state index contributed by atoms with van der Waals surface area (Å²) in [4.78, 5) is 5.05. The summed E-state index contributed by atoms with van der Waals surface area (Å²) in [5, 5.41) is 0.782. The largest absolute Gasteiger partial charge is 0.324 e. The smallest absolute Gasteiger partial charge is 0.0453 e. The molecule has 1 aliphatic heterocycles. The normalized spacial score (nSPS) is 22.9. The van der Waals surface area contributed by atoms with E-state index >= 15 is 0 Å². The van der Waals surface area contributed by atoms with E-state index in [1.54, 1.807) is 0 Å². The molecule has 0 saturated carbocycles. The van der Waals surface area contributed by atoms with Crippen LogP contribution < -0.4 is 5.73 Å². The van der Waals surface area contributed by atoms with Crippen LogP contribution in [0.2, 0.25) is 5.02 Å². The molecule has 20 heavy (non-hydrogen) atoms. The van der Waals surface area contributed by atoms with Crippen LogP contribution in [0, 0.1) is 0 Å². The minimum Gasteiger partial charge on any atom is -0.324 e. The van der Waals surface area contributed by atoms with Gasteiger partial charge in [-0.1, -0.05) is 36.7 Å². The van der Waals surface area contributed by atoms with Gasteiger partial charge in [-0.05, 0) is 31.5 Å². The molecule has 3 nitrogen and oxygen atoms in total. The SMILES string of the molecule is CCN1CCN(CCC(N)c2ccccc2Cl)CC1C. The van der Waals surface area contributed by atoms with Crippen molar-refractivity contribution in [3.05, 3.63) is 34.9 Å². The maximum absolute atomic E-state index is 6.28. The molecule has 2 N–H and O–H groups in total. The van der Waals surface area contributed by atoms with Gasteiger partial charge in [0.2, 0.25) is 0 Å². The monoisotopic (exact) mass is 295 g/mol. The first-order chi connectivity index (χ1) is 9.61. The molecule has 1 fully saturated rings. The third kappa shape index (κ3) is 3.95. The second-order valence-electron chi connectivity index (χ2n) is 5.69. The molecule has 0 aliphatic carbocycles. The fraction of sp³-hybridized carbons (Fsp3) is 0.625. The molecule has 0 amide bonds. The summed E-state index contributed by atoms with van der Waals surface area (Å²) in [5.74, 6) is 0. The summed E-state index contributed by atoms with van der Waals surface area (Å²) in [6, 6.07) is 8.57. The molecule has 1 aromatic rings. The number of hydrogen-bond acceptors (Lipinski definition) is 3. The van der Waals surface area contributed by atoms with Gasteiger partial charge in [0, 0.05) is 43.3 Å². The Morgan fingerprint density at radius 1 is 1.35 bits per heavy atom. The molecule has 1 saturated heterocycles. The van der Waals surface area contributed by atoms with Gasteiger partial charge in [-0.3, -0.25) is 4.90 Å². The lowest BCUT2D eigenvalue weighted by atomic mass is 10.0. The Bertz CT molecular complexity index is 424. The van der Waals surface area contributed by atoms with Crippen molar-refractivity contribution in [2.24, 2.45) is 5.73 Å². The first-order valence-corrected chi connectivity index (χ1v) is 7.96. The standard InChI is InChI=1S/C16H26ClN3/c1-3-20-11-10-19(12-13(20)2)9-8-16(18)14-6-4-5-7-15(14)17/h4-7,13,16H,3,8-12,18H2,1-2H3. The van der Waals surface area contributed by atoms with E-state index in [0.29, 0.717) is 6.04 Å². The molecular formula is C16H26ClN3. The minimum atomic E-state index is 0.0308. The van der Waals surface area contributed by atoms with Crippen molar-refractivity contribution in [1.82, 2.24) is 9.80 Å². The number of nitrogens with two attached hydrogens (primary N) is 1. The van der Waals surface area contributed by atoms with E-state index < -0.39 is 0 Å². The van der Waals surface area contributed by atoms with Gasteiger partial charge in [0.15, 0.2) is 0 Å². The zero-order valence-electron chi connectivity index (χ0n) is 12.6. The van der Waals surface area contributed by atoms with Crippen molar-refractivity contribution in [2.45, 2.75) is 32.4 Å². The summed E-state index contributed by atoms with van der Waals surface area (Å²) in [6.07, 6.45) is 0.961. The molecule has 1 aliphatic rings. The number of likely N-dealkylation sites (N-methyl/N-ethyl adjacent to an activating group) is 1. The van der Waals surface area contributed by atoms with E-state index in [2.05, 4.69) is 23.6 Å². The molecule has 112 valence electrons. The molecule has 1 heterocycles. The van der Waals surface area contributed by atoms with Crippen molar-refractivity contribution in [1.29, 1.82) is 0 Å². The lowest BCUT2D eigenvalue weighted by Crippen LogP contribution is -2.51. The number of nitrogens with zero attached hydrogens (tertiary/aromatic N) is 2. The van der Waals surface area contributed by atoms with Crippen LogP contribution in [0.4, 0.5) is 0 Å². The summed E-state index contributed by atoms with van der Waals surface area (Å²) in [6.45, 7) is 10.2. The predicted molar refractivity (Wildman–Crippen MR) is 86.1 cm³/mol. The first-order valence-electron chi connectivity index (χ1n) is 7.58. The lowest BCUT2D eigenvalue weighted by molar-refractivity contribution is 0.0861. The maximum atomic E-state index is 6.28. The highest BCUT2D eigenvalue weighted by Crippen LogP contribution is 2.23. The van der Waals surface area contributed by atoms with Crippen molar-refractivity contribution in [3.63, 3.8) is 0 Å². The van der Waals surface area contributed by atoms with Crippen molar-refractivity contribution in [2.75, 3.05) is 32.7 Å². The van der Waals surface area contributed by atoms with E-state index in [4.69, 9.17) is 17.3 Å². The predicted octanol–water partition coefficient (Wildman–Crippen LogP) is 2.76. The summed E-state index contributed by atoms with van der Waals surface area (Å²) in [7, 11) is 0. The van der Waals surface area contributed by atoms with Crippen molar-refractivity contribution >= 4 is 11.6 Å². The fourth-order valence-corrected chi connectivity index (χ4v) is 3.27. The summed E-state index contributed by atoms with van der Waals surface area (Å²) >= 11 is 6.20. The fourth-order valence-electron chi connectivity index (χ4n) is 3.00. The second-order valence-corrected chi connectivity index (χ2v) is 6.10. The molecule has 0 spiro atoms. The molecule has 0 radical (unpaired) electrons. The quantitative estimate of drug-likeness (QED) is 0.906. The van der Waals surface area contributed by atoms with Crippen LogP contribution in [0.5, 0.6) is 0 Å². The van der Waals surface area contributed by atoms with Crippen LogP contribution in [0.15, 0.2) is 24.3 Å². The van der Waals surface area contributed by atoms with Crippen molar-refractivity contribution < 1.29 is 0 Å². The number of piperazine rings is 1. The summed E-state index contributed by atoms with van der Waals surface area (Å²) < 4.78 is 0. The number of halogens is 1. The van der Waals surface area contributed by atoms with Crippen LogP contribution >= 0.6 is 11.6 Å². The highest BCUT2D eigenvalue weighted by molar-refractivity contribution is 6.31. The molecule has 0 bridgehead atoms. The Hall–Kier alpha value is -0.610. The zero-order chi connectivity index (χ0) is 14.5. The van der Waals surface area contributed by atoms with Gasteiger partial charge in [0.05, 0.1) is 0 Å². The molecule has 2 rings (SSSR count). The lowest BCUT2D eigenvalue weighted by Gasteiger charge is -2.39. The van der Waals surface area contributed by atoms with Crippen molar-refractivity contribution in [3.8, 4) is 0 Å². The Kier molecular flexibility index (Phi) is 5.85. The van der Waals surface area contributed by atoms with Crippen LogP contribution in [-0.4, -0.2) is 48.6 Å². The average Bonchev–Trinajstić information content (AvgIpc) is 2.45. The molecule has 4 heteroatoms. The zero-order valence-corrected chi connectivity index (χ0v) is 13.3. The van der Waals surface area contributed by atoms with Gasteiger partial charge >= 0.3 is 0 Å². The number of hydrogen-bond donors (Lipinski definition) is 1. The van der Waals surface area contributed by atoms with Gasteiger partial charge < -0.3 is 10.6 Å². The van der Waals surface area contributed by atoms with Gasteiger partial charge in [-0.25, -0.2) is 0 Å². The van der Waals surface area contributed by atoms with E-state index in [1.807, 2.05) is 24.3 Å². The van der Waals surface area contributed by atoms with Crippen LogP contribution in [0.1, 0.15) is 31.9 Å². The molecule has 2 unspecified atom stereocenters. The number of benzene rings is 1. The van der Waals surface area contributed by atoms with Crippen LogP contribution in [0.25, 0.3) is 0 Å². The minimum absolute atomic E-state index is 0.0308. The molecule has 1 aromatic carbocycles. The van der Waals surface area contributed by atoms with Gasteiger partial charge in [0.25, 0.3) is 0 Å². The molecular weight excluding hydrogens is 270 g/mol. The molecule has 0 aromatic heterocycles.